The summed E-state index contributed by atoms with van der Waals surface area (Å²) in [5.41, 5.74) is 2.96. The predicted octanol–water partition coefficient (Wildman–Crippen LogP) is 5.65. The van der Waals surface area contributed by atoms with E-state index in [1.54, 1.807) is 0 Å². The van der Waals surface area contributed by atoms with Crippen LogP contribution >= 0.6 is 11.6 Å². The number of halogens is 1. The summed E-state index contributed by atoms with van der Waals surface area (Å²) in [5, 5.41) is 7.98. The largest absolute Gasteiger partial charge is 0.367 e. The highest BCUT2D eigenvalue weighted by Crippen LogP contribution is 2.31. The normalized spacial score (nSPS) is 14.8. The zero-order chi connectivity index (χ0) is 19.5. The number of nitrogens with zero attached hydrogens (tertiary/aromatic N) is 2. The molecule has 0 spiro atoms. The number of aromatic nitrogens is 2. The maximum Gasteiger partial charge on any atom is 0.231 e. The standard InChI is InChI=1S/C22H23ClN4O/c1-14(28)24-22-26-20-12-9-16(15-7-10-17(23)11-8-15)13-19(20)21(27-22)25-18-5-3-2-4-6-18/h7-13,18H,2-6H2,1H3,(H2,24,25,26,27,28). The zero-order valence-corrected chi connectivity index (χ0v) is 16.6. The van der Waals surface area contributed by atoms with Crippen LogP contribution < -0.4 is 10.6 Å². The summed E-state index contributed by atoms with van der Waals surface area (Å²) in [6, 6.07) is 14.3. The van der Waals surface area contributed by atoms with Gasteiger partial charge in [0.1, 0.15) is 5.82 Å². The first-order valence-electron chi connectivity index (χ1n) is 9.70. The number of anilines is 2. The third kappa shape index (κ3) is 4.25. The lowest BCUT2D eigenvalue weighted by molar-refractivity contribution is -0.114. The Bertz CT molecular complexity index is 997. The van der Waals surface area contributed by atoms with Crippen LogP contribution in [0.3, 0.4) is 0 Å². The molecule has 1 fully saturated rings. The van der Waals surface area contributed by atoms with E-state index in [0.717, 1.165) is 40.7 Å². The minimum Gasteiger partial charge on any atom is -0.367 e. The molecule has 144 valence electrons. The lowest BCUT2D eigenvalue weighted by Crippen LogP contribution is -2.23. The van der Waals surface area contributed by atoms with Gasteiger partial charge in [0.05, 0.1) is 5.52 Å². The topological polar surface area (TPSA) is 66.9 Å². The van der Waals surface area contributed by atoms with E-state index in [-0.39, 0.29) is 5.91 Å². The highest BCUT2D eigenvalue weighted by Gasteiger charge is 2.17. The van der Waals surface area contributed by atoms with Crippen molar-refractivity contribution in [2.24, 2.45) is 0 Å². The Hall–Kier alpha value is -2.66. The summed E-state index contributed by atoms with van der Waals surface area (Å²) < 4.78 is 0. The van der Waals surface area contributed by atoms with Crippen molar-refractivity contribution in [2.45, 2.75) is 45.1 Å². The Morgan fingerprint density at radius 1 is 1.00 bits per heavy atom. The molecule has 5 nitrogen and oxygen atoms in total. The van der Waals surface area contributed by atoms with Crippen molar-refractivity contribution in [2.75, 3.05) is 10.6 Å². The molecule has 0 radical (unpaired) electrons. The molecule has 0 atom stereocenters. The third-order valence-electron chi connectivity index (χ3n) is 5.11. The Labute approximate surface area is 169 Å². The smallest absolute Gasteiger partial charge is 0.231 e. The molecule has 28 heavy (non-hydrogen) atoms. The van der Waals surface area contributed by atoms with Gasteiger partial charge in [-0.05, 0) is 48.2 Å². The number of amides is 1. The zero-order valence-electron chi connectivity index (χ0n) is 15.8. The van der Waals surface area contributed by atoms with Crippen LogP contribution in [0.25, 0.3) is 22.0 Å². The first-order chi connectivity index (χ1) is 13.6. The highest BCUT2D eigenvalue weighted by molar-refractivity contribution is 6.30. The van der Waals surface area contributed by atoms with E-state index >= 15 is 0 Å². The molecule has 0 aliphatic heterocycles. The molecular formula is C22H23ClN4O. The van der Waals surface area contributed by atoms with E-state index in [4.69, 9.17) is 11.6 Å². The number of hydrogen-bond acceptors (Lipinski definition) is 4. The second kappa shape index (κ2) is 8.15. The van der Waals surface area contributed by atoms with Crippen LogP contribution in [-0.2, 0) is 4.79 Å². The number of carbonyl (C=O) groups is 1. The summed E-state index contributed by atoms with van der Waals surface area (Å²) in [5.74, 6) is 0.926. The fourth-order valence-corrected chi connectivity index (χ4v) is 3.84. The first kappa shape index (κ1) is 18.7. The van der Waals surface area contributed by atoms with Gasteiger partial charge in [-0.3, -0.25) is 10.1 Å². The molecule has 1 amide bonds. The van der Waals surface area contributed by atoms with Gasteiger partial charge in [-0.25, -0.2) is 4.98 Å². The number of hydrogen-bond donors (Lipinski definition) is 2. The fraction of sp³-hybridized carbons (Fsp3) is 0.318. The van der Waals surface area contributed by atoms with Crippen molar-refractivity contribution in [3.8, 4) is 11.1 Å². The van der Waals surface area contributed by atoms with Gasteiger partial charge in [-0.2, -0.15) is 4.98 Å². The van der Waals surface area contributed by atoms with Crippen molar-refractivity contribution >= 4 is 40.2 Å². The molecule has 1 aromatic heterocycles. The van der Waals surface area contributed by atoms with Crippen molar-refractivity contribution in [1.29, 1.82) is 0 Å². The monoisotopic (exact) mass is 394 g/mol. The third-order valence-corrected chi connectivity index (χ3v) is 5.36. The molecule has 2 aromatic carbocycles. The van der Waals surface area contributed by atoms with Crippen LogP contribution in [0.4, 0.5) is 11.8 Å². The lowest BCUT2D eigenvalue weighted by Gasteiger charge is -2.24. The quantitative estimate of drug-likeness (QED) is 0.599. The van der Waals surface area contributed by atoms with Crippen LogP contribution in [0.5, 0.6) is 0 Å². The van der Waals surface area contributed by atoms with Gasteiger partial charge >= 0.3 is 0 Å². The first-order valence-corrected chi connectivity index (χ1v) is 10.1. The molecule has 1 aliphatic carbocycles. The summed E-state index contributed by atoms with van der Waals surface area (Å²) >= 11 is 6.02. The van der Waals surface area contributed by atoms with Gasteiger partial charge in [0.25, 0.3) is 0 Å². The average Bonchev–Trinajstić information content (AvgIpc) is 2.69. The van der Waals surface area contributed by atoms with Gasteiger partial charge < -0.3 is 5.32 Å². The minimum atomic E-state index is -0.180. The van der Waals surface area contributed by atoms with E-state index < -0.39 is 0 Å². The van der Waals surface area contributed by atoms with Gasteiger partial charge in [-0.15, -0.1) is 0 Å². The molecule has 0 saturated heterocycles. The number of rotatable bonds is 4. The van der Waals surface area contributed by atoms with Crippen LogP contribution in [0.15, 0.2) is 42.5 Å². The van der Waals surface area contributed by atoms with Crippen LogP contribution in [-0.4, -0.2) is 21.9 Å². The minimum absolute atomic E-state index is 0.180. The molecule has 0 bridgehead atoms. The predicted molar refractivity (Wildman–Crippen MR) is 115 cm³/mol. The fourth-order valence-electron chi connectivity index (χ4n) is 3.71. The average molecular weight is 395 g/mol. The summed E-state index contributed by atoms with van der Waals surface area (Å²) in [4.78, 5) is 20.6. The van der Waals surface area contributed by atoms with Crippen molar-refractivity contribution in [1.82, 2.24) is 9.97 Å². The van der Waals surface area contributed by atoms with Gasteiger partial charge in [-0.1, -0.05) is 49.1 Å². The molecular weight excluding hydrogens is 372 g/mol. The molecule has 4 rings (SSSR count). The Morgan fingerprint density at radius 2 is 1.71 bits per heavy atom. The van der Waals surface area contributed by atoms with E-state index in [0.29, 0.717) is 17.0 Å². The number of nitrogens with one attached hydrogen (secondary N) is 2. The molecule has 3 aromatic rings. The summed E-state index contributed by atoms with van der Waals surface area (Å²) in [6.07, 6.45) is 6.03. The van der Waals surface area contributed by atoms with E-state index in [2.05, 4.69) is 26.7 Å². The molecule has 6 heteroatoms. The molecule has 1 aliphatic rings. The molecule has 1 saturated carbocycles. The Balaban J connectivity index is 1.77. The second-order valence-electron chi connectivity index (χ2n) is 7.30. The maximum absolute atomic E-state index is 11.5. The van der Waals surface area contributed by atoms with Crippen LogP contribution in [0, 0.1) is 0 Å². The summed E-state index contributed by atoms with van der Waals surface area (Å²) in [7, 11) is 0. The number of carbonyl (C=O) groups excluding carboxylic acids is 1. The number of benzene rings is 2. The maximum atomic E-state index is 11.5. The molecule has 1 heterocycles. The Morgan fingerprint density at radius 3 is 2.43 bits per heavy atom. The van der Waals surface area contributed by atoms with E-state index in [9.17, 15) is 4.79 Å². The SMILES string of the molecule is CC(=O)Nc1nc(NC2CCCCC2)c2cc(-c3ccc(Cl)cc3)ccc2n1. The second-order valence-corrected chi connectivity index (χ2v) is 7.73. The van der Waals surface area contributed by atoms with Crippen molar-refractivity contribution in [3.05, 3.63) is 47.5 Å². The molecule has 2 N–H and O–H groups in total. The van der Waals surface area contributed by atoms with Crippen molar-refractivity contribution < 1.29 is 4.79 Å². The van der Waals surface area contributed by atoms with Gasteiger partial charge in [0.15, 0.2) is 0 Å². The van der Waals surface area contributed by atoms with Gasteiger partial charge in [0.2, 0.25) is 11.9 Å². The highest BCUT2D eigenvalue weighted by atomic mass is 35.5. The summed E-state index contributed by atoms with van der Waals surface area (Å²) in [6.45, 7) is 1.46. The lowest BCUT2D eigenvalue weighted by atomic mass is 9.95. The van der Waals surface area contributed by atoms with E-state index in [1.807, 2.05) is 36.4 Å². The van der Waals surface area contributed by atoms with Gasteiger partial charge in [0, 0.05) is 23.4 Å². The molecule has 0 unspecified atom stereocenters. The Kier molecular flexibility index (Phi) is 5.44. The number of fused-ring (bicyclic) bond motifs is 1. The van der Waals surface area contributed by atoms with Crippen LogP contribution in [0.1, 0.15) is 39.0 Å². The van der Waals surface area contributed by atoms with Crippen LogP contribution in [0.2, 0.25) is 5.02 Å². The van der Waals surface area contributed by atoms with E-state index in [1.165, 1.54) is 26.2 Å². The van der Waals surface area contributed by atoms with Crippen molar-refractivity contribution in [3.63, 3.8) is 0 Å².